The molecule has 5 aromatic carbocycles. The maximum Gasteiger partial charge on any atom is 0.297 e. The molecule has 0 unspecified atom stereocenters. The van der Waals surface area contributed by atoms with Gasteiger partial charge >= 0.3 is 0 Å². The van der Waals surface area contributed by atoms with Crippen molar-refractivity contribution in [3.05, 3.63) is 89.0 Å². The van der Waals surface area contributed by atoms with Crippen LogP contribution >= 0.6 is 0 Å². The second-order valence-electron chi connectivity index (χ2n) is 18.1. The number of benzene rings is 5. The van der Waals surface area contributed by atoms with E-state index in [0.29, 0.717) is 39.6 Å². The van der Waals surface area contributed by atoms with Crippen LogP contribution in [-0.4, -0.2) is 46.4 Å². The summed E-state index contributed by atoms with van der Waals surface area (Å²) < 4.78 is 45.5. The molecule has 11 rings (SSSR count). The number of furan rings is 1. The Hall–Kier alpha value is -5.90. The van der Waals surface area contributed by atoms with Gasteiger partial charge in [-0.05, 0) is 101 Å². The normalized spacial score (nSPS) is 16.5. The fourth-order valence-corrected chi connectivity index (χ4v) is 9.72. The van der Waals surface area contributed by atoms with Gasteiger partial charge < -0.3 is 42.6 Å². The average Bonchev–Trinajstić information content (AvgIpc) is 3.48. The van der Waals surface area contributed by atoms with E-state index in [0.717, 1.165) is 127 Å². The summed E-state index contributed by atoms with van der Waals surface area (Å²) in [5, 5.41) is 1.08. The van der Waals surface area contributed by atoms with Crippen LogP contribution in [0.25, 0.3) is 11.0 Å². The molecule has 6 aromatic rings. The van der Waals surface area contributed by atoms with Crippen LogP contribution in [0, 0.1) is 13.8 Å². The molecule has 0 amide bonds. The molecule has 10 heteroatoms. The summed E-state index contributed by atoms with van der Waals surface area (Å²) in [5.74, 6) is 4.81. The molecule has 0 radical (unpaired) electrons. The Morgan fingerprint density at radius 1 is 0.600 bits per heavy atom. The third kappa shape index (κ3) is 5.73. The lowest BCUT2D eigenvalue weighted by atomic mass is 9.35. The number of fused-ring (bicyclic) bond motifs is 9. The maximum absolute atomic E-state index is 7.28. The molecule has 306 valence electrons. The van der Waals surface area contributed by atoms with Gasteiger partial charge in [-0.3, -0.25) is 0 Å². The molecule has 5 aliphatic heterocycles. The van der Waals surface area contributed by atoms with Crippen LogP contribution in [-0.2, 0) is 5.41 Å². The summed E-state index contributed by atoms with van der Waals surface area (Å²) in [4.78, 5) is 4.87. The highest BCUT2D eigenvalue weighted by Crippen LogP contribution is 2.53. The topological polar surface area (TPSA) is 75.0 Å². The van der Waals surface area contributed by atoms with Crippen LogP contribution in [0.15, 0.2) is 71.1 Å². The summed E-state index contributed by atoms with van der Waals surface area (Å²) >= 11 is 0. The second-order valence-corrected chi connectivity index (χ2v) is 18.1. The molecular formula is C50H51BN2O7. The molecule has 0 atom stereocenters. The molecule has 0 saturated heterocycles. The standard InChI is InChI=1S/C50H51BN2O7/c1-28(2)31-22-37-45-38(23-31)53(46-29(3)21-44-48(30(46)4)59-20-10-19-58-44)47-34-24-32(50(5,6)7)11-13-39(34)60-49(47)51(45)35-26-42-43(57-18-9-17-56-42)27-36(35)52(37)33-12-14-40-41(25-33)55-16-8-15-54-40/h11-14,21-28H,8-10,15-20H2,1-7H3. The van der Waals surface area contributed by atoms with Crippen molar-refractivity contribution in [2.45, 2.75) is 79.1 Å². The zero-order valence-corrected chi connectivity index (χ0v) is 35.6. The van der Waals surface area contributed by atoms with E-state index in [9.17, 15) is 0 Å². The van der Waals surface area contributed by atoms with Gasteiger partial charge in [-0.25, -0.2) is 0 Å². The Labute approximate surface area is 352 Å². The van der Waals surface area contributed by atoms with E-state index in [4.69, 9.17) is 32.8 Å². The summed E-state index contributed by atoms with van der Waals surface area (Å²) in [7, 11) is 0. The van der Waals surface area contributed by atoms with Gasteiger partial charge in [0, 0.05) is 59.4 Å². The first kappa shape index (κ1) is 37.1. The average molecular weight is 803 g/mol. The van der Waals surface area contributed by atoms with Crippen molar-refractivity contribution >= 4 is 68.4 Å². The first-order valence-electron chi connectivity index (χ1n) is 21.6. The molecular weight excluding hydrogens is 751 g/mol. The van der Waals surface area contributed by atoms with Gasteiger partial charge in [0.2, 0.25) is 0 Å². The van der Waals surface area contributed by atoms with Crippen LogP contribution in [0.1, 0.15) is 82.1 Å². The number of ether oxygens (including phenoxy) is 6. The lowest BCUT2D eigenvalue weighted by Crippen LogP contribution is -2.61. The molecule has 0 spiro atoms. The Balaban J connectivity index is 1.27. The minimum Gasteiger partial charge on any atom is -0.490 e. The molecule has 60 heavy (non-hydrogen) atoms. The van der Waals surface area contributed by atoms with Crippen molar-refractivity contribution in [2.75, 3.05) is 49.4 Å². The van der Waals surface area contributed by atoms with E-state index in [1.54, 1.807) is 0 Å². The van der Waals surface area contributed by atoms with Gasteiger partial charge in [0.25, 0.3) is 6.71 Å². The van der Waals surface area contributed by atoms with Crippen LogP contribution < -0.4 is 54.8 Å². The molecule has 5 aliphatic rings. The second kappa shape index (κ2) is 13.8. The summed E-state index contributed by atoms with van der Waals surface area (Å²) in [6, 6.07) is 24.4. The zero-order valence-electron chi connectivity index (χ0n) is 35.6. The smallest absolute Gasteiger partial charge is 0.297 e. The van der Waals surface area contributed by atoms with Crippen molar-refractivity contribution in [3.63, 3.8) is 0 Å². The molecule has 0 bridgehead atoms. The van der Waals surface area contributed by atoms with E-state index in [1.807, 2.05) is 6.07 Å². The van der Waals surface area contributed by atoms with E-state index in [1.165, 1.54) is 11.1 Å². The third-order valence-electron chi connectivity index (χ3n) is 12.7. The Morgan fingerprint density at radius 3 is 1.93 bits per heavy atom. The van der Waals surface area contributed by atoms with Crippen molar-refractivity contribution < 1.29 is 32.8 Å². The Morgan fingerprint density at radius 2 is 1.23 bits per heavy atom. The predicted molar refractivity (Wildman–Crippen MR) is 239 cm³/mol. The molecule has 0 fully saturated rings. The van der Waals surface area contributed by atoms with Gasteiger partial charge in [-0.1, -0.05) is 40.7 Å². The molecule has 1 aromatic heterocycles. The maximum atomic E-state index is 7.28. The highest BCUT2D eigenvalue weighted by atomic mass is 16.5. The highest BCUT2D eigenvalue weighted by Gasteiger charge is 2.48. The predicted octanol–water partition coefficient (Wildman–Crippen LogP) is 10.0. The first-order chi connectivity index (χ1) is 29.0. The molecule has 9 nitrogen and oxygen atoms in total. The summed E-state index contributed by atoms with van der Waals surface area (Å²) in [5.41, 5.74) is 14.8. The van der Waals surface area contributed by atoms with Crippen molar-refractivity contribution in [1.82, 2.24) is 0 Å². The largest absolute Gasteiger partial charge is 0.490 e. The zero-order chi connectivity index (χ0) is 41.0. The van der Waals surface area contributed by atoms with Crippen molar-refractivity contribution in [3.8, 4) is 34.5 Å². The number of rotatable bonds is 3. The molecule has 6 heterocycles. The Kier molecular flexibility index (Phi) is 8.56. The lowest BCUT2D eigenvalue weighted by Gasteiger charge is -2.43. The first-order valence-corrected chi connectivity index (χ1v) is 21.6. The number of anilines is 6. The number of aryl methyl sites for hydroxylation is 1. The SMILES string of the molecule is Cc1cc2c(c(C)c1N1c3cc(C(C)C)cc4c3B(c3cc5c(cc3N4c3ccc4c(c3)OCCCO4)OCCCO5)c3oc4ccc(C(C)(C)C)cc4c31)OCCCO2. The van der Waals surface area contributed by atoms with Crippen LogP contribution in [0.3, 0.4) is 0 Å². The minimum absolute atomic E-state index is 0.0791. The molecule has 0 saturated carbocycles. The number of nitrogens with zero attached hydrogens (tertiary/aromatic N) is 2. The lowest BCUT2D eigenvalue weighted by molar-refractivity contribution is 0.296. The van der Waals surface area contributed by atoms with Crippen LogP contribution in [0.2, 0.25) is 0 Å². The van der Waals surface area contributed by atoms with Crippen molar-refractivity contribution in [2.24, 2.45) is 0 Å². The van der Waals surface area contributed by atoms with Crippen LogP contribution in [0.4, 0.5) is 34.1 Å². The van der Waals surface area contributed by atoms with Gasteiger partial charge in [-0.15, -0.1) is 0 Å². The molecule has 0 N–H and O–H groups in total. The van der Waals surface area contributed by atoms with E-state index >= 15 is 0 Å². The number of hydrogen-bond acceptors (Lipinski definition) is 9. The number of hydrogen-bond donors (Lipinski definition) is 0. The molecule has 0 aliphatic carbocycles. The van der Waals surface area contributed by atoms with Gasteiger partial charge in [-0.2, -0.15) is 0 Å². The minimum atomic E-state index is -0.266. The monoisotopic (exact) mass is 802 g/mol. The Bertz CT molecular complexity index is 2730. The fourth-order valence-electron chi connectivity index (χ4n) is 9.72. The summed E-state index contributed by atoms with van der Waals surface area (Å²) in [6.07, 6.45) is 2.47. The van der Waals surface area contributed by atoms with Gasteiger partial charge in [0.15, 0.2) is 34.5 Å². The quantitative estimate of drug-likeness (QED) is 0.162. The van der Waals surface area contributed by atoms with E-state index in [2.05, 4.69) is 119 Å². The van der Waals surface area contributed by atoms with Gasteiger partial charge in [0.05, 0.1) is 62.4 Å². The highest BCUT2D eigenvalue weighted by molar-refractivity contribution is 7.00. The fraction of sp³-hybridized carbons (Fsp3) is 0.360. The van der Waals surface area contributed by atoms with Crippen LogP contribution in [0.5, 0.6) is 34.5 Å². The van der Waals surface area contributed by atoms with E-state index in [-0.39, 0.29) is 18.0 Å². The van der Waals surface area contributed by atoms with Gasteiger partial charge in [0.1, 0.15) is 5.58 Å². The van der Waals surface area contributed by atoms with E-state index < -0.39 is 0 Å². The summed E-state index contributed by atoms with van der Waals surface area (Å²) in [6.45, 7) is 19.1. The third-order valence-corrected chi connectivity index (χ3v) is 12.7. The van der Waals surface area contributed by atoms with Crippen molar-refractivity contribution in [1.29, 1.82) is 0 Å².